The third-order valence-corrected chi connectivity index (χ3v) is 6.03. The van der Waals surface area contributed by atoms with Gasteiger partial charge in [-0.3, -0.25) is 10.1 Å². The summed E-state index contributed by atoms with van der Waals surface area (Å²) in [5, 5.41) is 16.0. The highest BCUT2D eigenvalue weighted by atomic mass is 35.5. The maximum atomic E-state index is 12.4. The van der Waals surface area contributed by atoms with Gasteiger partial charge >= 0.3 is 6.03 Å². The van der Waals surface area contributed by atoms with E-state index in [1.54, 1.807) is 12.1 Å². The van der Waals surface area contributed by atoms with E-state index in [0.717, 1.165) is 16.2 Å². The number of phenolic OH excluding ortho intramolecular Hbond substituents is 1. The largest absolute Gasteiger partial charge is 0.506 e. The van der Waals surface area contributed by atoms with Gasteiger partial charge in [0.15, 0.2) is 0 Å². The average molecular weight is 408 g/mol. The molecule has 5 N–H and O–H groups in total. The van der Waals surface area contributed by atoms with E-state index in [2.05, 4.69) is 10.6 Å². The molecule has 1 aromatic heterocycles. The topological polar surface area (TPSA) is 104 Å². The molecule has 0 fully saturated rings. The van der Waals surface area contributed by atoms with Gasteiger partial charge in [0.05, 0.1) is 16.0 Å². The molecule has 0 atom stereocenters. The number of primary amides is 1. The van der Waals surface area contributed by atoms with Gasteiger partial charge in [-0.05, 0) is 30.5 Å². The van der Waals surface area contributed by atoms with E-state index >= 15 is 0 Å². The number of carbonyl (C=O) groups excluding carboxylic acids is 2. The Kier molecular flexibility index (Phi) is 5.26. The van der Waals surface area contributed by atoms with Gasteiger partial charge in [-0.2, -0.15) is 0 Å². The van der Waals surface area contributed by atoms with E-state index in [4.69, 9.17) is 17.3 Å². The fourth-order valence-electron chi connectivity index (χ4n) is 2.45. The van der Waals surface area contributed by atoms with Crippen LogP contribution in [0.4, 0.5) is 15.5 Å². The van der Waals surface area contributed by atoms with Crippen LogP contribution in [-0.4, -0.2) is 23.3 Å². The molecule has 3 amide bonds. The third kappa shape index (κ3) is 3.44. The SMILES string of the molecule is CSc1ccccc1NC(=O)Nc1sc2c(Cl)c(O)ccc2c1C(N)=O. The van der Waals surface area contributed by atoms with E-state index in [1.807, 2.05) is 24.5 Å². The van der Waals surface area contributed by atoms with Gasteiger partial charge in [-0.15, -0.1) is 23.1 Å². The number of phenols is 1. The molecule has 0 saturated heterocycles. The zero-order valence-corrected chi connectivity index (χ0v) is 15.9. The van der Waals surface area contributed by atoms with Gasteiger partial charge in [0, 0.05) is 10.3 Å². The van der Waals surface area contributed by atoms with Crippen molar-refractivity contribution in [2.75, 3.05) is 16.9 Å². The fraction of sp³-hybridized carbons (Fsp3) is 0.0588. The highest BCUT2D eigenvalue weighted by Gasteiger charge is 2.21. The molecular weight excluding hydrogens is 394 g/mol. The minimum Gasteiger partial charge on any atom is -0.506 e. The number of benzene rings is 2. The van der Waals surface area contributed by atoms with Crippen LogP contribution < -0.4 is 16.4 Å². The Morgan fingerprint density at radius 3 is 2.62 bits per heavy atom. The first-order chi connectivity index (χ1) is 12.4. The molecule has 134 valence electrons. The van der Waals surface area contributed by atoms with Crippen molar-refractivity contribution < 1.29 is 14.7 Å². The fourth-order valence-corrected chi connectivity index (χ4v) is 4.42. The molecule has 6 nitrogen and oxygen atoms in total. The summed E-state index contributed by atoms with van der Waals surface area (Å²) < 4.78 is 0.472. The van der Waals surface area contributed by atoms with Crippen molar-refractivity contribution in [3.8, 4) is 5.75 Å². The number of halogens is 1. The van der Waals surface area contributed by atoms with Crippen LogP contribution >= 0.6 is 34.7 Å². The molecule has 0 saturated carbocycles. The van der Waals surface area contributed by atoms with Crippen LogP contribution in [0.2, 0.25) is 5.02 Å². The molecule has 3 aromatic rings. The quantitative estimate of drug-likeness (QED) is 0.469. The molecule has 1 heterocycles. The maximum absolute atomic E-state index is 12.4. The summed E-state index contributed by atoms with van der Waals surface area (Å²) in [6, 6.07) is 9.76. The van der Waals surface area contributed by atoms with E-state index in [-0.39, 0.29) is 21.3 Å². The highest BCUT2D eigenvalue weighted by molar-refractivity contribution is 7.98. The number of thiophene rings is 1. The normalized spacial score (nSPS) is 10.7. The predicted octanol–water partition coefficient (Wildman–Crippen LogP) is 4.73. The zero-order valence-electron chi connectivity index (χ0n) is 13.5. The molecule has 0 aliphatic heterocycles. The number of rotatable bonds is 4. The molecule has 3 rings (SSSR count). The van der Waals surface area contributed by atoms with Gasteiger partial charge in [0.2, 0.25) is 0 Å². The summed E-state index contributed by atoms with van der Waals surface area (Å²) in [7, 11) is 0. The monoisotopic (exact) mass is 407 g/mol. The number of hydrogen-bond donors (Lipinski definition) is 4. The van der Waals surface area contributed by atoms with Gasteiger partial charge in [-0.25, -0.2) is 4.79 Å². The molecule has 0 spiro atoms. The number of amides is 3. The minimum atomic E-state index is -0.696. The second-order valence-corrected chi connectivity index (χ2v) is 7.47. The van der Waals surface area contributed by atoms with Gasteiger partial charge in [0.1, 0.15) is 15.8 Å². The number of hydrogen-bond acceptors (Lipinski definition) is 5. The van der Waals surface area contributed by atoms with E-state index in [1.165, 1.54) is 17.8 Å². The number of nitrogens with one attached hydrogen (secondary N) is 2. The molecule has 26 heavy (non-hydrogen) atoms. The smallest absolute Gasteiger partial charge is 0.324 e. The number of anilines is 2. The summed E-state index contributed by atoms with van der Waals surface area (Å²) in [6.07, 6.45) is 1.91. The van der Waals surface area contributed by atoms with Gasteiger partial charge in [0.25, 0.3) is 5.91 Å². The summed E-state index contributed by atoms with van der Waals surface area (Å²) in [6.45, 7) is 0. The van der Waals surface area contributed by atoms with Crippen LogP contribution in [-0.2, 0) is 0 Å². The summed E-state index contributed by atoms with van der Waals surface area (Å²) in [4.78, 5) is 25.2. The lowest BCUT2D eigenvalue weighted by Crippen LogP contribution is -2.21. The van der Waals surface area contributed by atoms with Crippen molar-refractivity contribution in [1.29, 1.82) is 0 Å². The molecule has 0 aliphatic carbocycles. The second-order valence-electron chi connectivity index (χ2n) is 5.23. The summed E-state index contributed by atoms with van der Waals surface area (Å²) in [5.41, 5.74) is 6.28. The van der Waals surface area contributed by atoms with Crippen molar-refractivity contribution in [3.63, 3.8) is 0 Å². The first-order valence-electron chi connectivity index (χ1n) is 7.37. The Hall–Kier alpha value is -2.42. The van der Waals surface area contributed by atoms with Crippen LogP contribution in [0, 0.1) is 0 Å². The van der Waals surface area contributed by atoms with E-state index < -0.39 is 11.9 Å². The third-order valence-electron chi connectivity index (χ3n) is 3.61. The first kappa shape index (κ1) is 18.4. The summed E-state index contributed by atoms with van der Waals surface area (Å²) >= 11 is 8.67. The maximum Gasteiger partial charge on any atom is 0.324 e. The van der Waals surface area contributed by atoms with Crippen LogP contribution in [0.3, 0.4) is 0 Å². The molecule has 0 bridgehead atoms. The molecule has 9 heteroatoms. The van der Waals surface area contributed by atoms with Crippen LogP contribution in [0.25, 0.3) is 10.1 Å². The minimum absolute atomic E-state index is 0.108. The Morgan fingerprint density at radius 1 is 1.19 bits per heavy atom. The van der Waals surface area contributed by atoms with Crippen molar-refractivity contribution in [2.45, 2.75) is 4.90 Å². The molecule has 0 radical (unpaired) electrons. The number of para-hydroxylation sites is 1. The van der Waals surface area contributed by atoms with Crippen LogP contribution in [0.1, 0.15) is 10.4 Å². The van der Waals surface area contributed by atoms with Crippen molar-refractivity contribution >= 4 is 67.4 Å². The Morgan fingerprint density at radius 2 is 1.92 bits per heavy atom. The highest BCUT2D eigenvalue weighted by Crippen LogP contribution is 2.42. The lowest BCUT2D eigenvalue weighted by molar-refractivity contribution is 0.100. The Bertz CT molecular complexity index is 1020. The van der Waals surface area contributed by atoms with Crippen molar-refractivity contribution in [1.82, 2.24) is 0 Å². The van der Waals surface area contributed by atoms with Gasteiger partial charge < -0.3 is 16.2 Å². The molecule has 2 aromatic carbocycles. The molecule has 0 unspecified atom stereocenters. The van der Waals surface area contributed by atoms with E-state index in [0.29, 0.717) is 15.8 Å². The van der Waals surface area contributed by atoms with Crippen molar-refractivity contribution in [3.05, 3.63) is 47.0 Å². The Labute approximate surface area is 162 Å². The number of carbonyl (C=O) groups is 2. The number of nitrogens with two attached hydrogens (primary N) is 1. The second kappa shape index (κ2) is 7.45. The lowest BCUT2D eigenvalue weighted by Gasteiger charge is -2.10. The van der Waals surface area contributed by atoms with Crippen LogP contribution in [0.5, 0.6) is 5.75 Å². The summed E-state index contributed by atoms with van der Waals surface area (Å²) in [5.74, 6) is -0.806. The standard InChI is InChI=1S/C17H14ClN3O3S2/c1-25-11-5-3-2-4-9(11)20-17(24)21-16-12(15(19)23)8-6-7-10(22)13(18)14(8)26-16/h2-7,22H,1H3,(H2,19,23)(H2,20,21,24). The van der Waals surface area contributed by atoms with Crippen LogP contribution in [0.15, 0.2) is 41.3 Å². The van der Waals surface area contributed by atoms with Gasteiger partial charge in [-0.1, -0.05) is 23.7 Å². The zero-order chi connectivity index (χ0) is 18.8. The number of fused-ring (bicyclic) bond motifs is 1. The number of urea groups is 1. The van der Waals surface area contributed by atoms with E-state index in [9.17, 15) is 14.7 Å². The molecular formula is C17H14ClN3O3S2. The number of thioether (sulfide) groups is 1. The molecule has 0 aliphatic rings. The lowest BCUT2D eigenvalue weighted by atomic mass is 10.1. The number of aromatic hydroxyl groups is 1. The Balaban J connectivity index is 1.95. The van der Waals surface area contributed by atoms with Crippen molar-refractivity contribution in [2.24, 2.45) is 5.73 Å². The predicted molar refractivity (Wildman–Crippen MR) is 108 cm³/mol. The first-order valence-corrected chi connectivity index (χ1v) is 9.79. The average Bonchev–Trinajstić information content (AvgIpc) is 2.97.